The molecule has 1 unspecified atom stereocenters. The van der Waals surface area contributed by atoms with E-state index in [9.17, 15) is 18.0 Å². The van der Waals surface area contributed by atoms with Crippen LogP contribution in [-0.2, 0) is 26.2 Å². The second-order valence-corrected chi connectivity index (χ2v) is 10.5. The maximum absolute atomic E-state index is 13.1. The molecule has 37 heavy (non-hydrogen) atoms. The van der Waals surface area contributed by atoms with Crippen LogP contribution in [0.2, 0.25) is 0 Å². The number of amides is 2. The van der Waals surface area contributed by atoms with Crippen LogP contribution in [0.25, 0.3) is 0 Å². The Morgan fingerprint density at radius 3 is 2.38 bits per heavy atom. The van der Waals surface area contributed by atoms with E-state index in [0.29, 0.717) is 23.7 Å². The summed E-state index contributed by atoms with van der Waals surface area (Å²) in [6.07, 6.45) is -0.888. The molecule has 1 aliphatic rings. The first-order chi connectivity index (χ1) is 17.7. The Bertz CT molecular complexity index is 1340. The first-order valence-electron chi connectivity index (χ1n) is 11.9. The van der Waals surface area contributed by atoms with Crippen LogP contribution in [-0.4, -0.2) is 45.5 Å². The van der Waals surface area contributed by atoms with E-state index in [2.05, 4.69) is 10.0 Å². The van der Waals surface area contributed by atoms with Gasteiger partial charge in [-0.2, -0.15) is 0 Å². The molecule has 0 aliphatic carbocycles. The van der Waals surface area contributed by atoms with E-state index in [1.165, 1.54) is 29.2 Å². The minimum absolute atomic E-state index is 0.0257. The van der Waals surface area contributed by atoms with Crippen LogP contribution >= 0.6 is 0 Å². The maximum Gasteiger partial charge on any atom is 0.265 e. The molecular formula is C27H29N3O6S. The van der Waals surface area contributed by atoms with E-state index in [4.69, 9.17) is 9.47 Å². The number of hydrogen-bond donors (Lipinski definition) is 2. The van der Waals surface area contributed by atoms with Crippen molar-refractivity contribution in [3.8, 4) is 11.5 Å². The number of nitrogens with zero attached hydrogens (tertiary/aromatic N) is 1. The normalized spacial score (nSPS) is 15.0. The van der Waals surface area contributed by atoms with E-state index in [0.717, 1.165) is 5.56 Å². The van der Waals surface area contributed by atoms with E-state index in [-0.39, 0.29) is 35.9 Å². The van der Waals surface area contributed by atoms with Crippen LogP contribution < -0.4 is 24.4 Å². The van der Waals surface area contributed by atoms with Gasteiger partial charge in [-0.3, -0.25) is 9.59 Å². The number of ether oxygens (including phenoxy) is 2. The number of fused-ring (bicyclic) bond motifs is 1. The fourth-order valence-corrected chi connectivity index (χ4v) is 5.07. The minimum atomic E-state index is -3.63. The quantitative estimate of drug-likeness (QED) is 0.446. The van der Waals surface area contributed by atoms with E-state index < -0.39 is 16.1 Å². The van der Waals surface area contributed by atoms with Crippen molar-refractivity contribution in [3.05, 3.63) is 84.4 Å². The van der Waals surface area contributed by atoms with Gasteiger partial charge in [-0.25, -0.2) is 13.1 Å². The molecule has 0 bridgehead atoms. The molecule has 4 rings (SSSR count). The smallest absolute Gasteiger partial charge is 0.265 e. The highest BCUT2D eigenvalue weighted by molar-refractivity contribution is 7.89. The van der Waals surface area contributed by atoms with Crippen LogP contribution in [0.1, 0.15) is 19.4 Å². The molecule has 0 aromatic heterocycles. The van der Waals surface area contributed by atoms with E-state index >= 15 is 0 Å². The molecule has 1 heterocycles. The fraction of sp³-hybridized carbons (Fsp3) is 0.259. The minimum Gasteiger partial charge on any atom is -0.484 e. The third kappa shape index (κ3) is 6.66. The predicted molar refractivity (Wildman–Crippen MR) is 139 cm³/mol. The Labute approximate surface area is 216 Å². The van der Waals surface area contributed by atoms with Gasteiger partial charge in [0.05, 0.1) is 17.1 Å². The van der Waals surface area contributed by atoms with Crippen molar-refractivity contribution in [2.45, 2.75) is 37.4 Å². The number of carbonyl (C=O) groups excluding carboxylic acids is 2. The van der Waals surface area contributed by atoms with Crippen molar-refractivity contribution in [2.75, 3.05) is 18.1 Å². The van der Waals surface area contributed by atoms with Crippen molar-refractivity contribution in [2.24, 2.45) is 0 Å². The number of benzene rings is 3. The van der Waals surface area contributed by atoms with E-state index in [1.807, 2.05) is 30.3 Å². The summed E-state index contributed by atoms with van der Waals surface area (Å²) in [6.45, 7) is 3.54. The molecule has 0 spiro atoms. The molecule has 0 saturated heterocycles. The third-order valence-electron chi connectivity index (χ3n) is 5.56. The monoisotopic (exact) mass is 523 g/mol. The summed E-state index contributed by atoms with van der Waals surface area (Å²) in [7, 11) is -3.63. The van der Waals surface area contributed by atoms with Gasteiger partial charge in [-0.05, 0) is 55.8 Å². The van der Waals surface area contributed by atoms with Crippen LogP contribution in [0.3, 0.4) is 0 Å². The molecule has 3 aromatic rings. The largest absolute Gasteiger partial charge is 0.484 e. The number of anilines is 1. The van der Waals surface area contributed by atoms with Gasteiger partial charge >= 0.3 is 0 Å². The third-order valence-corrected chi connectivity index (χ3v) is 7.24. The SMILES string of the molecule is CC(C)NS(=O)(=O)c1ccc(OCC(=O)N2CC(C(=O)NCc3ccccc3)Oc3ccccc32)cc1. The lowest BCUT2D eigenvalue weighted by Gasteiger charge is -2.34. The number of hydrogen-bond acceptors (Lipinski definition) is 6. The molecule has 2 N–H and O–H groups in total. The Balaban J connectivity index is 1.41. The Kier molecular flexibility index (Phi) is 8.10. The molecule has 0 saturated carbocycles. The van der Waals surface area contributed by atoms with Crippen LogP contribution in [0.5, 0.6) is 11.5 Å². The van der Waals surface area contributed by atoms with Gasteiger partial charge in [0.15, 0.2) is 12.7 Å². The molecule has 3 aromatic carbocycles. The summed E-state index contributed by atoms with van der Waals surface area (Å²) in [6, 6.07) is 22.1. The summed E-state index contributed by atoms with van der Waals surface area (Å²) in [5.74, 6) is 0.0726. The first-order valence-corrected chi connectivity index (χ1v) is 13.3. The highest BCUT2D eigenvalue weighted by Gasteiger charge is 2.33. The molecule has 2 amide bonds. The van der Waals surface area contributed by atoms with Crippen molar-refractivity contribution in [1.29, 1.82) is 0 Å². The standard InChI is InChI=1S/C27H29N3O6S/c1-19(2)29-37(33,34)22-14-12-21(13-15-22)35-18-26(31)30-17-25(36-24-11-7-6-10-23(24)30)27(32)28-16-20-8-4-3-5-9-20/h3-15,19,25,29H,16-18H2,1-2H3,(H,28,32). The van der Waals surface area contributed by atoms with Gasteiger partial charge in [0.2, 0.25) is 10.0 Å². The van der Waals surface area contributed by atoms with Crippen LogP contribution in [0.4, 0.5) is 5.69 Å². The summed E-state index contributed by atoms with van der Waals surface area (Å²) in [4.78, 5) is 27.6. The zero-order chi connectivity index (χ0) is 26.4. The van der Waals surface area contributed by atoms with Gasteiger partial charge in [-0.1, -0.05) is 42.5 Å². The fourth-order valence-electron chi connectivity index (χ4n) is 3.82. The number of carbonyl (C=O) groups is 2. The van der Waals surface area contributed by atoms with Crippen molar-refractivity contribution in [1.82, 2.24) is 10.0 Å². The van der Waals surface area contributed by atoms with Crippen molar-refractivity contribution < 1.29 is 27.5 Å². The second-order valence-electron chi connectivity index (χ2n) is 8.82. The summed E-state index contributed by atoms with van der Waals surface area (Å²) >= 11 is 0. The topological polar surface area (TPSA) is 114 Å². The molecule has 0 radical (unpaired) electrons. The predicted octanol–water partition coefficient (Wildman–Crippen LogP) is 2.86. The Hall–Kier alpha value is -3.89. The average Bonchev–Trinajstić information content (AvgIpc) is 2.89. The zero-order valence-corrected chi connectivity index (χ0v) is 21.4. The molecular weight excluding hydrogens is 494 g/mol. The summed E-state index contributed by atoms with van der Waals surface area (Å²) in [5.41, 5.74) is 1.50. The lowest BCUT2D eigenvalue weighted by atomic mass is 10.1. The Morgan fingerprint density at radius 1 is 1.00 bits per heavy atom. The lowest BCUT2D eigenvalue weighted by Crippen LogP contribution is -2.51. The van der Waals surface area contributed by atoms with Crippen molar-refractivity contribution in [3.63, 3.8) is 0 Å². The van der Waals surface area contributed by atoms with Gasteiger partial charge in [-0.15, -0.1) is 0 Å². The van der Waals surface area contributed by atoms with Gasteiger partial charge in [0, 0.05) is 12.6 Å². The highest BCUT2D eigenvalue weighted by atomic mass is 32.2. The molecule has 1 atom stereocenters. The van der Waals surface area contributed by atoms with Crippen LogP contribution in [0, 0.1) is 0 Å². The van der Waals surface area contributed by atoms with Gasteiger partial charge < -0.3 is 19.7 Å². The zero-order valence-electron chi connectivity index (χ0n) is 20.6. The van der Waals surface area contributed by atoms with Crippen molar-refractivity contribution >= 4 is 27.5 Å². The molecule has 9 nitrogen and oxygen atoms in total. The Morgan fingerprint density at radius 2 is 1.68 bits per heavy atom. The summed E-state index contributed by atoms with van der Waals surface area (Å²) in [5, 5.41) is 2.86. The maximum atomic E-state index is 13.1. The average molecular weight is 524 g/mol. The number of para-hydroxylation sites is 2. The molecule has 0 fully saturated rings. The molecule has 1 aliphatic heterocycles. The number of nitrogens with one attached hydrogen (secondary N) is 2. The molecule has 10 heteroatoms. The highest BCUT2D eigenvalue weighted by Crippen LogP contribution is 2.33. The van der Waals surface area contributed by atoms with Crippen LogP contribution in [0.15, 0.2) is 83.8 Å². The first kappa shape index (κ1) is 26.2. The van der Waals surface area contributed by atoms with E-state index in [1.54, 1.807) is 38.1 Å². The number of rotatable bonds is 9. The summed E-state index contributed by atoms with van der Waals surface area (Å²) < 4.78 is 38.6. The second kappa shape index (κ2) is 11.4. The van der Waals surface area contributed by atoms with Gasteiger partial charge in [0.1, 0.15) is 11.5 Å². The lowest BCUT2D eigenvalue weighted by molar-refractivity contribution is -0.128. The van der Waals surface area contributed by atoms with Gasteiger partial charge in [0.25, 0.3) is 11.8 Å². The molecule has 194 valence electrons. The number of sulfonamides is 1.